The summed E-state index contributed by atoms with van der Waals surface area (Å²) in [6, 6.07) is 7.19. The van der Waals surface area contributed by atoms with Crippen LogP contribution >= 0.6 is 11.6 Å². The molecule has 0 spiro atoms. The van der Waals surface area contributed by atoms with Gasteiger partial charge in [0.05, 0.1) is 0 Å². The minimum atomic E-state index is -0.0516. The number of rotatable bonds is 3. The minimum Gasteiger partial charge on any atom is -0.484 e. The first-order valence-electron chi connectivity index (χ1n) is 6.80. The van der Waals surface area contributed by atoms with Gasteiger partial charge in [-0.2, -0.15) is 0 Å². The third-order valence-corrected chi connectivity index (χ3v) is 4.06. The van der Waals surface area contributed by atoms with Crippen LogP contribution < -0.4 is 10.5 Å². The highest BCUT2D eigenvalue weighted by molar-refractivity contribution is 6.30. The van der Waals surface area contributed by atoms with Gasteiger partial charge in [0.25, 0.3) is 5.91 Å². The fourth-order valence-corrected chi connectivity index (χ4v) is 2.56. The lowest BCUT2D eigenvalue weighted by Gasteiger charge is -2.42. The second-order valence-electron chi connectivity index (χ2n) is 5.95. The summed E-state index contributed by atoms with van der Waals surface area (Å²) < 4.78 is 5.49. The summed E-state index contributed by atoms with van der Waals surface area (Å²) >= 11 is 5.87. The van der Waals surface area contributed by atoms with E-state index in [0.717, 1.165) is 6.42 Å². The molecule has 4 nitrogen and oxygen atoms in total. The highest BCUT2D eigenvalue weighted by Crippen LogP contribution is 2.27. The predicted molar refractivity (Wildman–Crippen MR) is 79.9 cm³/mol. The van der Waals surface area contributed by atoms with Crippen LogP contribution in [0.1, 0.15) is 20.3 Å². The SMILES string of the molecule is CC1(C)CN(C(=O)COc2cccc(Cl)c2)CCC1N. The van der Waals surface area contributed by atoms with Gasteiger partial charge >= 0.3 is 0 Å². The van der Waals surface area contributed by atoms with E-state index in [1.54, 1.807) is 24.3 Å². The molecule has 1 aliphatic heterocycles. The van der Waals surface area contributed by atoms with Crippen molar-refractivity contribution in [2.75, 3.05) is 19.7 Å². The molecule has 1 aliphatic rings. The van der Waals surface area contributed by atoms with Crippen LogP contribution in [0, 0.1) is 5.41 Å². The Morgan fingerprint density at radius 1 is 1.55 bits per heavy atom. The number of likely N-dealkylation sites (tertiary alicyclic amines) is 1. The van der Waals surface area contributed by atoms with Gasteiger partial charge in [-0.3, -0.25) is 4.79 Å². The first-order valence-corrected chi connectivity index (χ1v) is 7.18. The smallest absolute Gasteiger partial charge is 0.260 e. The van der Waals surface area contributed by atoms with E-state index in [1.165, 1.54) is 0 Å². The molecule has 1 aromatic rings. The maximum absolute atomic E-state index is 12.2. The molecule has 110 valence electrons. The minimum absolute atomic E-state index is 0.00931. The van der Waals surface area contributed by atoms with Crippen molar-refractivity contribution in [1.82, 2.24) is 4.90 Å². The maximum Gasteiger partial charge on any atom is 0.260 e. The highest BCUT2D eigenvalue weighted by Gasteiger charge is 2.35. The summed E-state index contributed by atoms with van der Waals surface area (Å²) in [6.45, 7) is 5.59. The molecule has 0 aliphatic carbocycles. The molecule has 1 heterocycles. The van der Waals surface area contributed by atoms with Crippen molar-refractivity contribution < 1.29 is 9.53 Å². The van der Waals surface area contributed by atoms with Crippen molar-refractivity contribution in [2.24, 2.45) is 11.1 Å². The van der Waals surface area contributed by atoms with E-state index >= 15 is 0 Å². The van der Waals surface area contributed by atoms with Crippen LogP contribution in [-0.4, -0.2) is 36.5 Å². The van der Waals surface area contributed by atoms with Crippen LogP contribution in [-0.2, 0) is 4.79 Å². The van der Waals surface area contributed by atoms with Gasteiger partial charge in [0.2, 0.25) is 0 Å². The predicted octanol–water partition coefficient (Wildman–Crippen LogP) is 2.30. The molecule has 20 heavy (non-hydrogen) atoms. The van der Waals surface area contributed by atoms with E-state index < -0.39 is 0 Å². The van der Waals surface area contributed by atoms with E-state index in [2.05, 4.69) is 13.8 Å². The molecule has 1 fully saturated rings. The summed E-state index contributed by atoms with van der Waals surface area (Å²) in [7, 11) is 0. The normalized spacial score (nSPS) is 21.6. The number of carbonyl (C=O) groups is 1. The van der Waals surface area contributed by atoms with Gasteiger partial charge in [-0.25, -0.2) is 0 Å². The van der Waals surface area contributed by atoms with Crippen molar-refractivity contribution in [3.63, 3.8) is 0 Å². The van der Waals surface area contributed by atoms with Crippen molar-refractivity contribution in [1.29, 1.82) is 0 Å². The highest BCUT2D eigenvalue weighted by atomic mass is 35.5. The molecular formula is C15H21ClN2O2. The van der Waals surface area contributed by atoms with E-state index in [1.807, 2.05) is 4.90 Å². The quantitative estimate of drug-likeness (QED) is 0.931. The second kappa shape index (κ2) is 6.02. The number of hydrogen-bond donors (Lipinski definition) is 1. The standard InChI is InChI=1S/C15H21ClN2O2/c1-15(2)10-18(7-6-13(15)17)14(19)9-20-12-5-3-4-11(16)8-12/h3-5,8,13H,6-7,9-10,17H2,1-2H3. The number of nitrogens with zero attached hydrogens (tertiary/aromatic N) is 1. The second-order valence-corrected chi connectivity index (χ2v) is 6.38. The summed E-state index contributed by atoms with van der Waals surface area (Å²) in [4.78, 5) is 14.0. The van der Waals surface area contributed by atoms with Crippen molar-refractivity contribution in [3.8, 4) is 5.75 Å². The fourth-order valence-electron chi connectivity index (χ4n) is 2.38. The monoisotopic (exact) mass is 296 g/mol. The third-order valence-electron chi connectivity index (χ3n) is 3.82. The van der Waals surface area contributed by atoms with Crippen molar-refractivity contribution in [2.45, 2.75) is 26.3 Å². The zero-order valence-corrected chi connectivity index (χ0v) is 12.7. The molecule has 5 heteroatoms. The van der Waals surface area contributed by atoms with Crippen LogP contribution in [0.15, 0.2) is 24.3 Å². The molecule has 1 aromatic carbocycles. The number of benzene rings is 1. The van der Waals surface area contributed by atoms with Crippen LogP contribution in [0.25, 0.3) is 0 Å². The lowest BCUT2D eigenvalue weighted by Crippen LogP contribution is -2.54. The van der Waals surface area contributed by atoms with Crippen molar-refractivity contribution >= 4 is 17.5 Å². The molecule has 2 N–H and O–H groups in total. The van der Waals surface area contributed by atoms with Crippen molar-refractivity contribution in [3.05, 3.63) is 29.3 Å². The molecular weight excluding hydrogens is 276 g/mol. The average molecular weight is 297 g/mol. The molecule has 0 bridgehead atoms. The molecule has 0 radical (unpaired) electrons. The average Bonchev–Trinajstić information content (AvgIpc) is 2.39. The summed E-state index contributed by atoms with van der Waals surface area (Å²) in [6.07, 6.45) is 0.829. The number of hydrogen-bond acceptors (Lipinski definition) is 3. The van der Waals surface area contributed by atoms with Gasteiger partial charge in [-0.15, -0.1) is 0 Å². The lowest BCUT2D eigenvalue weighted by molar-refractivity contribution is -0.136. The van der Waals surface area contributed by atoms with E-state index in [9.17, 15) is 4.79 Å². The van der Waals surface area contributed by atoms with Gasteiger partial charge in [-0.1, -0.05) is 31.5 Å². The Bertz CT molecular complexity index is 491. The maximum atomic E-state index is 12.2. The largest absolute Gasteiger partial charge is 0.484 e. The fraction of sp³-hybridized carbons (Fsp3) is 0.533. The Labute approximate surface area is 124 Å². The third kappa shape index (κ3) is 3.64. The number of piperidine rings is 1. The molecule has 1 saturated heterocycles. The van der Waals surface area contributed by atoms with E-state index in [-0.39, 0.29) is 24.0 Å². The number of carbonyl (C=O) groups excluding carboxylic acids is 1. The summed E-state index contributed by atoms with van der Waals surface area (Å²) in [5.74, 6) is 0.601. The molecule has 1 unspecified atom stereocenters. The molecule has 2 rings (SSSR count). The van der Waals surface area contributed by atoms with E-state index in [0.29, 0.717) is 23.9 Å². The molecule has 1 amide bonds. The Balaban J connectivity index is 1.89. The Morgan fingerprint density at radius 2 is 2.30 bits per heavy atom. The zero-order chi connectivity index (χ0) is 14.8. The Kier molecular flexibility index (Phi) is 4.55. The van der Waals surface area contributed by atoms with Crippen LogP contribution in [0.3, 0.4) is 0 Å². The number of halogens is 1. The topological polar surface area (TPSA) is 55.6 Å². The van der Waals surface area contributed by atoms with Gasteiger partial charge < -0.3 is 15.4 Å². The molecule has 0 aromatic heterocycles. The number of ether oxygens (including phenoxy) is 1. The van der Waals surface area contributed by atoms with Gasteiger partial charge in [0.15, 0.2) is 6.61 Å². The first-order chi connectivity index (χ1) is 9.38. The zero-order valence-electron chi connectivity index (χ0n) is 11.9. The molecule has 1 atom stereocenters. The van der Waals surface area contributed by atoms with Gasteiger partial charge in [0.1, 0.15) is 5.75 Å². The number of amides is 1. The number of nitrogens with two attached hydrogens (primary N) is 1. The Hall–Kier alpha value is -1.26. The summed E-state index contributed by atoms with van der Waals surface area (Å²) in [5.41, 5.74) is 6.02. The van der Waals surface area contributed by atoms with Crippen LogP contribution in [0.5, 0.6) is 5.75 Å². The van der Waals surface area contributed by atoms with Gasteiger partial charge in [0, 0.05) is 24.2 Å². The van der Waals surface area contributed by atoms with Gasteiger partial charge in [-0.05, 0) is 30.0 Å². The summed E-state index contributed by atoms with van der Waals surface area (Å²) in [5, 5.41) is 0.597. The molecule has 0 saturated carbocycles. The van der Waals surface area contributed by atoms with Crippen LogP contribution in [0.4, 0.5) is 0 Å². The lowest BCUT2D eigenvalue weighted by atomic mass is 9.80. The van der Waals surface area contributed by atoms with E-state index in [4.69, 9.17) is 22.1 Å². The van der Waals surface area contributed by atoms with Crippen LogP contribution in [0.2, 0.25) is 5.02 Å². The Morgan fingerprint density at radius 3 is 2.95 bits per heavy atom. The first kappa shape index (κ1) is 15.1.